The van der Waals surface area contributed by atoms with Crippen molar-refractivity contribution >= 4 is 27.5 Å². The van der Waals surface area contributed by atoms with E-state index in [-0.39, 0.29) is 28.0 Å². The predicted octanol–water partition coefficient (Wildman–Crippen LogP) is 2.96. The summed E-state index contributed by atoms with van der Waals surface area (Å²) in [6, 6.07) is 15.0. The number of carbonyl (C=O) groups is 2. The SMILES string of the molecule is CC(=O)Nc1ccc(S(=O)(=O)N[C@@H](C)C(=O)N2C[C@H](c3ccccc3)C(C)(C)C2)cc1. The Morgan fingerprint density at radius 3 is 2.26 bits per heavy atom. The number of sulfonamides is 1. The van der Waals surface area contributed by atoms with Gasteiger partial charge in [-0.05, 0) is 42.2 Å². The van der Waals surface area contributed by atoms with Gasteiger partial charge in [0.25, 0.3) is 0 Å². The third kappa shape index (κ3) is 5.32. The van der Waals surface area contributed by atoms with Crippen LogP contribution in [0.3, 0.4) is 0 Å². The second kappa shape index (κ2) is 8.80. The van der Waals surface area contributed by atoms with Gasteiger partial charge in [-0.1, -0.05) is 44.2 Å². The van der Waals surface area contributed by atoms with Gasteiger partial charge in [-0.2, -0.15) is 4.72 Å². The maximum Gasteiger partial charge on any atom is 0.241 e. The smallest absolute Gasteiger partial charge is 0.241 e. The molecule has 0 radical (unpaired) electrons. The van der Waals surface area contributed by atoms with Gasteiger partial charge in [-0.25, -0.2) is 8.42 Å². The van der Waals surface area contributed by atoms with Crippen molar-refractivity contribution in [3.05, 3.63) is 60.2 Å². The summed E-state index contributed by atoms with van der Waals surface area (Å²) < 4.78 is 28.0. The third-order valence-electron chi connectivity index (χ3n) is 5.65. The molecule has 0 bridgehead atoms. The molecule has 3 rings (SSSR count). The van der Waals surface area contributed by atoms with Crippen molar-refractivity contribution in [2.24, 2.45) is 5.41 Å². The molecule has 7 nitrogen and oxygen atoms in total. The number of anilines is 1. The summed E-state index contributed by atoms with van der Waals surface area (Å²) in [5, 5.41) is 2.59. The van der Waals surface area contributed by atoms with E-state index >= 15 is 0 Å². The summed E-state index contributed by atoms with van der Waals surface area (Å²) in [6.07, 6.45) is 0. The van der Waals surface area contributed by atoms with Gasteiger partial charge in [-0.3, -0.25) is 9.59 Å². The lowest BCUT2D eigenvalue weighted by Gasteiger charge is -2.25. The monoisotopic (exact) mass is 443 g/mol. The minimum Gasteiger partial charge on any atom is -0.340 e. The summed E-state index contributed by atoms with van der Waals surface area (Å²) in [6.45, 7) is 8.30. The van der Waals surface area contributed by atoms with Crippen molar-refractivity contribution in [1.82, 2.24) is 9.62 Å². The van der Waals surface area contributed by atoms with Crippen LogP contribution in [0.5, 0.6) is 0 Å². The van der Waals surface area contributed by atoms with E-state index in [0.717, 1.165) is 0 Å². The maximum absolute atomic E-state index is 13.0. The van der Waals surface area contributed by atoms with Crippen LogP contribution >= 0.6 is 0 Å². The zero-order chi connectivity index (χ0) is 22.8. The normalized spacial score (nSPS) is 19.1. The lowest BCUT2D eigenvalue weighted by molar-refractivity contribution is -0.131. The van der Waals surface area contributed by atoms with Gasteiger partial charge in [0.15, 0.2) is 0 Å². The van der Waals surface area contributed by atoms with Gasteiger partial charge in [-0.15, -0.1) is 0 Å². The number of nitrogens with zero attached hydrogens (tertiary/aromatic N) is 1. The zero-order valence-corrected chi connectivity index (χ0v) is 19.1. The first-order valence-corrected chi connectivity index (χ1v) is 11.7. The van der Waals surface area contributed by atoms with Crippen molar-refractivity contribution < 1.29 is 18.0 Å². The van der Waals surface area contributed by atoms with Crippen molar-refractivity contribution in [2.45, 2.75) is 44.6 Å². The Morgan fingerprint density at radius 1 is 1.06 bits per heavy atom. The standard InChI is InChI=1S/C23H29N3O4S/c1-16(25-31(29,30)20-12-10-19(11-13-20)24-17(2)27)22(28)26-14-21(23(3,4)15-26)18-8-6-5-7-9-18/h5-13,16,21,25H,14-15H2,1-4H3,(H,24,27)/t16-,21+/m0/s1. The maximum atomic E-state index is 13.0. The lowest BCUT2D eigenvalue weighted by atomic mass is 9.78. The van der Waals surface area contributed by atoms with Crippen LogP contribution < -0.4 is 10.0 Å². The Hall–Kier alpha value is -2.71. The summed E-state index contributed by atoms with van der Waals surface area (Å²) >= 11 is 0. The molecule has 0 saturated carbocycles. The Bertz CT molecular complexity index is 1050. The molecule has 31 heavy (non-hydrogen) atoms. The fourth-order valence-corrected chi connectivity index (χ4v) is 5.29. The molecule has 2 aromatic rings. The second-order valence-electron chi connectivity index (χ2n) is 8.72. The van der Waals surface area contributed by atoms with Crippen LogP contribution in [0.4, 0.5) is 5.69 Å². The molecule has 1 saturated heterocycles. The molecular weight excluding hydrogens is 414 g/mol. The first-order chi connectivity index (χ1) is 14.5. The summed E-state index contributed by atoms with van der Waals surface area (Å²) in [5.74, 6) is -0.303. The Labute approximate surface area is 183 Å². The van der Waals surface area contributed by atoms with Crippen LogP contribution in [-0.2, 0) is 19.6 Å². The Balaban J connectivity index is 1.69. The van der Waals surface area contributed by atoms with Crippen LogP contribution in [0.25, 0.3) is 0 Å². The van der Waals surface area contributed by atoms with Gasteiger partial charge in [0.2, 0.25) is 21.8 Å². The molecule has 2 aromatic carbocycles. The molecule has 1 fully saturated rings. The molecule has 2 atom stereocenters. The van der Waals surface area contributed by atoms with Crippen LogP contribution in [-0.4, -0.2) is 44.3 Å². The van der Waals surface area contributed by atoms with E-state index in [1.807, 2.05) is 18.2 Å². The summed E-state index contributed by atoms with van der Waals surface area (Å²) in [5.41, 5.74) is 1.56. The minimum absolute atomic E-state index is 0.0326. The van der Waals surface area contributed by atoms with Gasteiger partial charge in [0.1, 0.15) is 0 Å². The molecule has 1 heterocycles. The quantitative estimate of drug-likeness (QED) is 0.718. The van der Waals surface area contributed by atoms with E-state index < -0.39 is 16.1 Å². The van der Waals surface area contributed by atoms with Gasteiger partial charge < -0.3 is 10.2 Å². The van der Waals surface area contributed by atoms with E-state index in [4.69, 9.17) is 0 Å². The number of amides is 2. The molecule has 0 aromatic heterocycles. The van der Waals surface area contributed by atoms with E-state index in [0.29, 0.717) is 18.8 Å². The lowest BCUT2D eigenvalue weighted by Crippen LogP contribution is -2.46. The molecule has 0 spiro atoms. The molecule has 0 unspecified atom stereocenters. The van der Waals surface area contributed by atoms with Crippen molar-refractivity contribution in [1.29, 1.82) is 0 Å². The molecule has 2 amide bonds. The van der Waals surface area contributed by atoms with Crippen molar-refractivity contribution in [3.8, 4) is 0 Å². The third-order valence-corrected chi connectivity index (χ3v) is 7.20. The number of carbonyl (C=O) groups excluding carboxylic acids is 2. The number of hydrogen-bond acceptors (Lipinski definition) is 4. The van der Waals surface area contributed by atoms with Crippen molar-refractivity contribution in [3.63, 3.8) is 0 Å². The Morgan fingerprint density at radius 2 is 1.68 bits per heavy atom. The fourth-order valence-electron chi connectivity index (χ4n) is 4.09. The summed E-state index contributed by atoms with van der Waals surface area (Å²) in [7, 11) is -3.88. The number of benzene rings is 2. The molecule has 1 aliphatic heterocycles. The average Bonchev–Trinajstić information content (AvgIpc) is 3.02. The fraction of sp³-hybridized carbons (Fsp3) is 0.391. The van der Waals surface area contributed by atoms with Gasteiger partial charge in [0, 0.05) is 31.6 Å². The predicted molar refractivity (Wildman–Crippen MR) is 120 cm³/mol. The highest BCUT2D eigenvalue weighted by Gasteiger charge is 2.43. The number of likely N-dealkylation sites (tertiary alicyclic amines) is 1. The van der Waals surface area contributed by atoms with Crippen LogP contribution in [0, 0.1) is 5.41 Å². The highest BCUT2D eigenvalue weighted by molar-refractivity contribution is 7.89. The molecule has 8 heteroatoms. The zero-order valence-electron chi connectivity index (χ0n) is 18.3. The van der Waals surface area contributed by atoms with E-state index in [9.17, 15) is 18.0 Å². The number of hydrogen-bond donors (Lipinski definition) is 2. The highest BCUT2D eigenvalue weighted by Crippen LogP contribution is 2.42. The van der Waals surface area contributed by atoms with Gasteiger partial charge >= 0.3 is 0 Å². The molecule has 2 N–H and O–H groups in total. The topological polar surface area (TPSA) is 95.6 Å². The van der Waals surface area contributed by atoms with E-state index in [2.05, 4.69) is 36.0 Å². The van der Waals surface area contributed by atoms with Crippen molar-refractivity contribution in [2.75, 3.05) is 18.4 Å². The largest absolute Gasteiger partial charge is 0.340 e. The van der Waals surface area contributed by atoms with E-state index in [1.165, 1.54) is 36.8 Å². The van der Waals surface area contributed by atoms with Crippen LogP contribution in [0.15, 0.2) is 59.5 Å². The summed E-state index contributed by atoms with van der Waals surface area (Å²) in [4.78, 5) is 25.9. The minimum atomic E-state index is -3.88. The first kappa shape index (κ1) is 23.0. The van der Waals surface area contributed by atoms with Gasteiger partial charge in [0.05, 0.1) is 10.9 Å². The van der Waals surface area contributed by atoms with Crippen LogP contribution in [0.2, 0.25) is 0 Å². The number of nitrogens with one attached hydrogen (secondary N) is 2. The molecule has 1 aliphatic rings. The number of rotatable bonds is 6. The average molecular weight is 444 g/mol. The van der Waals surface area contributed by atoms with E-state index in [1.54, 1.807) is 11.8 Å². The molecule has 166 valence electrons. The highest BCUT2D eigenvalue weighted by atomic mass is 32.2. The second-order valence-corrected chi connectivity index (χ2v) is 10.4. The molecule has 0 aliphatic carbocycles. The molecular formula is C23H29N3O4S. The Kier molecular flexibility index (Phi) is 6.52. The van der Waals surface area contributed by atoms with Crippen LogP contribution in [0.1, 0.15) is 39.2 Å². The first-order valence-electron chi connectivity index (χ1n) is 10.2.